The molecule has 9 heteroatoms. The minimum Gasteiger partial charge on any atom is -0.508 e. The molecule has 4 amide bonds. The molecular formula is C27H29N3O6. The third kappa shape index (κ3) is 4.65. The van der Waals surface area contributed by atoms with Gasteiger partial charge in [0.1, 0.15) is 24.1 Å². The average Bonchev–Trinajstić information content (AvgIpc) is 3.17. The van der Waals surface area contributed by atoms with Gasteiger partial charge in [0.05, 0.1) is 6.04 Å². The number of imide groups is 1. The topological polar surface area (TPSA) is 116 Å². The standard InChI is InChI=1S/C27H29N3O6/c1-16-10-17(12-20(31)11-16)26(34)29-9-3-2-4-19(29)15-36-21-5-6-22-18(13-21)14-30(27(22)35)23-7-8-24(32)28-25(23)33/h5-6,10-13,19,23,31H,2-4,7-9,14-15H2,1H3,(H,28,32,33)/t19-,23?/m1/s1. The van der Waals surface area contributed by atoms with E-state index in [0.717, 1.165) is 30.4 Å². The predicted molar refractivity (Wildman–Crippen MR) is 130 cm³/mol. The van der Waals surface area contributed by atoms with Crippen LogP contribution in [0.3, 0.4) is 0 Å². The number of amides is 4. The number of aromatic hydroxyl groups is 1. The molecule has 9 nitrogen and oxygen atoms in total. The first-order valence-electron chi connectivity index (χ1n) is 12.3. The Morgan fingerprint density at radius 3 is 2.72 bits per heavy atom. The summed E-state index contributed by atoms with van der Waals surface area (Å²) in [4.78, 5) is 53.2. The number of hydrogen-bond donors (Lipinski definition) is 2. The van der Waals surface area contributed by atoms with Crippen LogP contribution in [0.25, 0.3) is 0 Å². The SMILES string of the molecule is Cc1cc(O)cc(C(=O)N2CCCC[C@@H]2COc2ccc3c(c2)CN(C2CCC(=O)NC2=O)C3=O)c1. The predicted octanol–water partition coefficient (Wildman–Crippen LogP) is 2.54. The Kier molecular flexibility index (Phi) is 6.38. The van der Waals surface area contributed by atoms with Crippen molar-refractivity contribution in [1.29, 1.82) is 0 Å². The highest BCUT2D eigenvalue weighted by Crippen LogP contribution is 2.31. The zero-order valence-electron chi connectivity index (χ0n) is 20.2. The molecule has 0 spiro atoms. The van der Waals surface area contributed by atoms with Gasteiger partial charge < -0.3 is 19.6 Å². The Morgan fingerprint density at radius 2 is 1.94 bits per heavy atom. The van der Waals surface area contributed by atoms with E-state index in [-0.39, 0.29) is 42.5 Å². The van der Waals surface area contributed by atoms with Gasteiger partial charge in [0.25, 0.3) is 11.8 Å². The molecule has 2 saturated heterocycles. The summed E-state index contributed by atoms with van der Waals surface area (Å²) >= 11 is 0. The first-order valence-corrected chi connectivity index (χ1v) is 12.3. The summed E-state index contributed by atoms with van der Waals surface area (Å²) in [6.07, 6.45) is 3.26. The van der Waals surface area contributed by atoms with Crippen LogP contribution in [0.1, 0.15) is 63.9 Å². The Hall–Kier alpha value is -3.88. The first-order chi connectivity index (χ1) is 17.3. The van der Waals surface area contributed by atoms with Crippen molar-refractivity contribution in [2.45, 2.75) is 57.7 Å². The molecule has 2 aromatic carbocycles. The number of nitrogens with one attached hydrogen (secondary N) is 1. The minimum atomic E-state index is -0.658. The van der Waals surface area contributed by atoms with Crippen molar-refractivity contribution in [3.05, 3.63) is 58.7 Å². The smallest absolute Gasteiger partial charge is 0.255 e. The average molecular weight is 492 g/mol. The second-order valence-corrected chi connectivity index (χ2v) is 9.74. The number of phenolic OH excluding ortho intramolecular Hbond substituents is 1. The maximum absolute atomic E-state index is 13.2. The van der Waals surface area contributed by atoms with E-state index in [0.29, 0.717) is 36.4 Å². The van der Waals surface area contributed by atoms with Gasteiger partial charge >= 0.3 is 0 Å². The van der Waals surface area contributed by atoms with Crippen molar-refractivity contribution in [3.8, 4) is 11.5 Å². The fourth-order valence-corrected chi connectivity index (χ4v) is 5.33. The van der Waals surface area contributed by atoms with Crippen LogP contribution in [0.15, 0.2) is 36.4 Å². The molecule has 0 aliphatic carbocycles. The van der Waals surface area contributed by atoms with Gasteiger partial charge in [0, 0.05) is 30.6 Å². The molecule has 188 valence electrons. The molecule has 2 aromatic rings. The molecule has 3 aliphatic rings. The summed E-state index contributed by atoms with van der Waals surface area (Å²) < 4.78 is 6.09. The van der Waals surface area contributed by atoms with Crippen molar-refractivity contribution in [2.75, 3.05) is 13.2 Å². The molecule has 2 fully saturated rings. The fraction of sp³-hybridized carbons (Fsp3) is 0.407. The van der Waals surface area contributed by atoms with Crippen LogP contribution in [0.5, 0.6) is 11.5 Å². The quantitative estimate of drug-likeness (QED) is 0.621. The lowest BCUT2D eigenvalue weighted by molar-refractivity contribution is -0.136. The molecule has 36 heavy (non-hydrogen) atoms. The Balaban J connectivity index is 1.26. The lowest BCUT2D eigenvalue weighted by atomic mass is 10.0. The third-order valence-electron chi connectivity index (χ3n) is 7.13. The monoisotopic (exact) mass is 491 g/mol. The number of ether oxygens (including phenoxy) is 1. The zero-order chi connectivity index (χ0) is 25.4. The molecular weight excluding hydrogens is 462 g/mol. The molecule has 3 heterocycles. The summed E-state index contributed by atoms with van der Waals surface area (Å²) in [7, 11) is 0. The van der Waals surface area contributed by atoms with Crippen molar-refractivity contribution in [3.63, 3.8) is 0 Å². The number of nitrogens with zero attached hydrogens (tertiary/aromatic N) is 2. The normalized spacial score (nSPS) is 21.9. The van der Waals surface area contributed by atoms with Crippen LogP contribution in [-0.2, 0) is 16.1 Å². The number of benzene rings is 2. The van der Waals surface area contributed by atoms with E-state index < -0.39 is 11.9 Å². The number of hydrogen-bond acceptors (Lipinski definition) is 6. The molecule has 0 saturated carbocycles. The minimum absolute atomic E-state index is 0.0715. The number of aryl methyl sites for hydroxylation is 1. The highest BCUT2D eigenvalue weighted by Gasteiger charge is 2.39. The van der Waals surface area contributed by atoms with Crippen molar-refractivity contribution >= 4 is 23.6 Å². The van der Waals surface area contributed by atoms with E-state index in [9.17, 15) is 24.3 Å². The maximum atomic E-state index is 13.2. The first kappa shape index (κ1) is 23.8. The van der Waals surface area contributed by atoms with E-state index in [4.69, 9.17) is 4.74 Å². The van der Waals surface area contributed by atoms with E-state index in [1.165, 1.54) is 11.0 Å². The maximum Gasteiger partial charge on any atom is 0.255 e. The number of carbonyl (C=O) groups excluding carboxylic acids is 4. The molecule has 3 aliphatic heterocycles. The molecule has 0 radical (unpaired) electrons. The Labute approximate surface area is 209 Å². The van der Waals surface area contributed by atoms with Gasteiger partial charge in [-0.1, -0.05) is 0 Å². The van der Waals surface area contributed by atoms with E-state index in [1.807, 2.05) is 17.9 Å². The molecule has 5 rings (SSSR count). The largest absolute Gasteiger partial charge is 0.508 e. The number of likely N-dealkylation sites (tertiary alicyclic amines) is 1. The van der Waals surface area contributed by atoms with Crippen LogP contribution in [0.4, 0.5) is 0 Å². The van der Waals surface area contributed by atoms with E-state index in [2.05, 4.69) is 5.32 Å². The van der Waals surface area contributed by atoms with Crippen LogP contribution in [0.2, 0.25) is 0 Å². The summed E-state index contributed by atoms with van der Waals surface area (Å²) in [5.41, 5.74) is 2.58. The third-order valence-corrected chi connectivity index (χ3v) is 7.13. The molecule has 0 bridgehead atoms. The number of rotatable bonds is 5. The number of fused-ring (bicyclic) bond motifs is 1. The van der Waals surface area contributed by atoms with Crippen LogP contribution < -0.4 is 10.1 Å². The number of piperidine rings is 2. The Bertz CT molecular complexity index is 1220. The van der Waals surface area contributed by atoms with Crippen LogP contribution in [-0.4, -0.2) is 63.8 Å². The fourth-order valence-electron chi connectivity index (χ4n) is 5.33. The van der Waals surface area contributed by atoms with E-state index in [1.54, 1.807) is 24.3 Å². The lowest BCUT2D eigenvalue weighted by Gasteiger charge is -2.35. The number of carbonyl (C=O) groups is 4. The highest BCUT2D eigenvalue weighted by atomic mass is 16.5. The molecule has 2 N–H and O–H groups in total. The van der Waals surface area contributed by atoms with Gasteiger partial charge in [0.15, 0.2) is 0 Å². The second-order valence-electron chi connectivity index (χ2n) is 9.74. The van der Waals surface area contributed by atoms with Gasteiger partial charge in [-0.15, -0.1) is 0 Å². The van der Waals surface area contributed by atoms with E-state index >= 15 is 0 Å². The van der Waals surface area contributed by atoms with Crippen LogP contribution >= 0.6 is 0 Å². The van der Waals surface area contributed by atoms with Crippen molar-refractivity contribution in [2.24, 2.45) is 0 Å². The lowest BCUT2D eigenvalue weighted by Crippen LogP contribution is -2.52. The zero-order valence-corrected chi connectivity index (χ0v) is 20.2. The van der Waals surface area contributed by atoms with Crippen molar-refractivity contribution in [1.82, 2.24) is 15.1 Å². The molecule has 0 aromatic heterocycles. The number of phenols is 1. The van der Waals surface area contributed by atoms with Crippen LogP contribution in [0, 0.1) is 6.92 Å². The summed E-state index contributed by atoms with van der Waals surface area (Å²) in [6, 6.07) is 9.38. The van der Waals surface area contributed by atoms with Gasteiger partial charge in [-0.2, -0.15) is 0 Å². The molecule has 1 unspecified atom stereocenters. The summed E-state index contributed by atoms with van der Waals surface area (Å²) in [5, 5.41) is 12.2. The van der Waals surface area contributed by atoms with Gasteiger partial charge in [-0.25, -0.2) is 0 Å². The van der Waals surface area contributed by atoms with Crippen molar-refractivity contribution < 1.29 is 29.0 Å². The van der Waals surface area contributed by atoms with Gasteiger partial charge in [-0.05, 0) is 80.1 Å². The van der Waals surface area contributed by atoms with Gasteiger partial charge in [0.2, 0.25) is 11.8 Å². The summed E-state index contributed by atoms with van der Waals surface area (Å²) in [5.74, 6) is -0.434. The second kappa shape index (κ2) is 9.64. The highest BCUT2D eigenvalue weighted by molar-refractivity contribution is 6.05. The Morgan fingerprint density at radius 1 is 1.11 bits per heavy atom. The molecule has 2 atom stereocenters. The summed E-state index contributed by atoms with van der Waals surface area (Å²) in [6.45, 7) is 3.06. The van der Waals surface area contributed by atoms with Gasteiger partial charge in [-0.3, -0.25) is 24.5 Å².